The Hall–Kier alpha value is -3.63. The topological polar surface area (TPSA) is 82.1 Å². The molecule has 36 heavy (non-hydrogen) atoms. The summed E-state index contributed by atoms with van der Waals surface area (Å²) in [7, 11) is 5.87. The molecule has 2 aromatic carbocycles. The number of aromatic amines is 1. The predicted octanol–water partition coefficient (Wildman–Crippen LogP) is 3.28. The van der Waals surface area contributed by atoms with E-state index in [0.717, 1.165) is 5.56 Å². The number of hydrogen-bond acceptors (Lipinski definition) is 6. The second kappa shape index (κ2) is 10.2. The Bertz CT molecular complexity index is 1380. The van der Waals surface area contributed by atoms with E-state index in [9.17, 15) is 13.6 Å². The van der Waals surface area contributed by atoms with E-state index in [1.165, 1.54) is 35.1 Å². The minimum atomic E-state index is -0.526. The molecule has 0 bridgehead atoms. The van der Waals surface area contributed by atoms with Crippen LogP contribution in [0.2, 0.25) is 0 Å². The molecule has 1 aliphatic rings. The van der Waals surface area contributed by atoms with Crippen LogP contribution >= 0.6 is 0 Å². The lowest BCUT2D eigenvalue weighted by molar-refractivity contribution is 0.195. The molecule has 1 aliphatic heterocycles. The number of fused-ring (bicyclic) bond motifs is 1. The molecule has 0 radical (unpaired) electrons. The fraction of sp³-hybridized carbons (Fsp3) is 0.346. The molecule has 8 nitrogen and oxygen atoms in total. The van der Waals surface area contributed by atoms with Gasteiger partial charge in [-0.1, -0.05) is 26.0 Å². The zero-order valence-corrected chi connectivity index (χ0v) is 21.1. The highest BCUT2D eigenvalue weighted by Crippen LogP contribution is 2.36. The molecule has 0 spiro atoms. The van der Waals surface area contributed by atoms with Crippen LogP contribution in [-0.4, -0.2) is 64.9 Å². The first kappa shape index (κ1) is 25.5. The lowest BCUT2D eigenvalue weighted by Gasteiger charge is -2.38. The molecule has 2 atom stereocenters. The highest BCUT2D eigenvalue weighted by atomic mass is 19.1. The van der Waals surface area contributed by atoms with E-state index in [4.69, 9.17) is 4.98 Å². The smallest absolute Gasteiger partial charge is 0.263 e. The van der Waals surface area contributed by atoms with Gasteiger partial charge in [0.25, 0.3) is 5.56 Å². The van der Waals surface area contributed by atoms with E-state index in [2.05, 4.69) is 20.3 Å². The number of likely N-dealkylation sites (N-methyl/N-ethyl adjacent to an activating group) is 2. The second-order valence-corrected chi connectivity index (χ2v) is 8.75. The number of H-pyrrole nitrogens is 1. The molecule has 0 aliphatic carbocycles. The van der Waals surface area contributed by atoms with Crippen molar-refractivity contribution in [2.24, 2.45) is 0 Å². The predicted molar refractivity (Wildman–Crippen MR) is 138 cm³/mol. The maximum atomic E-state index is 13.6. The third-order valence-corrected chi connectivity index (χ3v) is 6.63. The molecule has 2 unspecified atom stereocenters. The van der Waals surface area contributed by atoms with Gasteiger partial charge in [-0.05, 0) is 63.1 Å². The van der Waals surface area contributed by atoms with E-state index >= 15 is 0 Å². The van der Waals surface area contributed by atoms with Crippen LogP contribution in [0.25, 0.3) is 16.7 Å². The highest BCUT2D eigenvalue weighted by molar-refractivity contribution is 5.76. The van der Waals surface area contributed by atoms with Crippen LogP contribution in [-0.2, 0) is 5.54 Å². The van der Waals surface area contributed by atoms with Gasteiger partial charge in [0.15, 0.2) is 5.65 Å². The fourth-order valence-electron chi connectivity index (χ4n) is 4.85. The van der Waals surface area contributed by atoms with Crippen LogP contribution < -0.4 is 15.8 Å². The average Bonchev–Trinajstić information content (AvgIpc) is 3.49. The Morgan fingerprint density at radius 1 is 1.06 bits per heavy atom. The number of rotatable bonds is 5. The summed E-state index contributed by atoms with van der Waals surface area (Å²) in [5, 5.41) is 8.10. The quantitative estimate of drug-likeness (QED) is 0.442. The molecule has 2 aromatic heterocycles. The van der Waals surface area contributed by atoms with Crippen LogP contribution in [0.1, 0.15) is 19.4 Å². The average molecular weight is 496 g/mol. The fourth-order valence-corrected chi connectivity index (χ4v) is 4.85. The van der Waals surface area contributed by atoms with Crippen molar-refractivity contribution in [1.29, 1.82) is 0 Å². The monoisotopic (exact) mass is 495 g/mol. The lowest BCUT2D eigenvalue weighted by atomic mass is 9.84. The summed E-state index contributed by atoms with van der Waals surface area (Å²) in [4.78, 5) is 24.7. The minimum absolute atomic E-state index is 0.00553. The summed E-state index contributed by atoms with van der Waals surface area (Å²) in [6.07, 6.45) is 1.46. The molecule has 0 amide bonds. The van der Waals surface area contributed by atoms with Gasteiger partial charge in [-0.25, -0.2) is 13.5 Å². The Labute approximate surface area is 208 Å². The largest absolute Gasteiger partial charge is 0.338 e. The molecule has 1 fully saturated rings. The van der Waals surface area contributed by atoms with Crippen molar-refractivity contribution in [3.05, 3.63) is 82.3 Å². The maximum absolute atomic E-state index is 13.6. The van der Waals surface area contributed by atoms with Crippen LogP contribution in [0.3, 0.4) is 0 Å². The number of aromatic nitrogens is 4. The summed E-state index contributed by atoms with van der Waals surface area (Å²) in [5.41, 5.74) is 1.09. The molecule has 1 saturated heterocycles. The summed E-state index contributed by atoms with van der Waals surface area (Å²) in [6, 6.07) is 12.3. The third kappa shape index (κ3) is 4.38. The summed E-state index contributed by atoms with van der Waals surface area (Å²) in [5.74, 6) is -0.244. The van der Waals surface area contributed by atoms with Gasteiger partial charge in [-0.3, -0.25) is 9.78 Å². The van der Waals surface area contributed by atoms with Crippen LogP contribution in [0.4, 0.5) is 14.7 Å². The molecule has 3 heterocycles. The first-order valence-electron chi connectivity index (χ1n) is 11.9. The first-order chi connectivity index (χ1) is 17.3. The number of halogens is 2. The molecule has 190 valence electrons. The van der Waals surface area contributed by atoms with Gasteiger partial charge in [-0.2, -0.15) is 10.1 Å². The molecule has 5 rings (SSSR count). The Balaban J connectivity index is 0.00000148. The summed E-state index contributed by atoms with van der Waals surface area (Å²) < 4.78 is 28.6. The van der Waals surface area contributed by atoms with Gasteiger partial charge in [0.1, 0.15) is 17.0 Å². The number of hydrogen-bond donors (Lipinski definition) is 2. The number of nitrogens with zero attached hydrogens (tertiary/aromatic N) is 5. The van der Waals surface area contributed by atoms with Crippen LogP contribution in [0, 0.1) is 11.6 Å². The molecule has 10 heteroatoms. The van der Waals surface area contributed by atoms with Crippen molar-refractivity contribution in [3.63, 3.8) is 0 Å². The number of anilines is 1. The molecular weight excluding hydrogens is 464 g/mol. The second-order valence-electron chi connectivity index (χ2n) is 8.75. The van der Waals surface area contributed by atoms with Gasteiger partial charge in [0.05, 0.1) is 23.5 Å². The maximum Gasteiger partial charge on any atom is 0.263 e. The van der Waals surface area contributed by atoms with Gasteiger partial charge in [-0.15, -0.1) is 0 Å². The lowest BCUT2D eigenvalue weighted by Crippen LogP contribution is -2.55. The van der Waals surface area contributed by atoms with Gasteiger partial charge >= 0.3 is 0 Å². The third-order valence-electron chi connectivity index (χ3n) is 6.63. The standard InChI is InChI=1S/C24H25F2N7O.C2H6/c1-27-24(15-4-6-16(25)7-5-15)14-32(13-20(24)31(2)3)23-29-21-19(22(34)30-23)12-28-33(21)18-10-8-17(26)9-11-18;1-2/h4-12,20,27H,13-14H2,1-3H3,(H,29,30,34);1-2H3. The first-order valence-corrected chi connectivity index (χ1v) is 11.9. The van der Waals surface area contributed by atoms with Gasteiger partial charge in [0, 0.05) is 13.1 Å². The Kier molecular flexibility index (Phi) is 7.18. The number of nitrogens with one attached hydrogen (secondary N) is 2. The van der Waals surface area contributed by atoms with Crippen molar-refractivity contribution in [3.8, 4) is 5.69 Å². The highest BCUT2D eigenvalue weighted by Gasteiger charge is 2.48. The van der Waals surface area contributed by atoms with Gasteiger partial charge < -0.3 is 15.1 Å². The van der Waals surface area contributed by atoms with E-state index in [1.54, 1.807) is 24.3 Å². The van der Waals surface area contributed by atoms with Gasteiger partial charge in [0.2, 0.25) is 5.95 Å². The Morgan fingerprint density at radius 3 is 2.25 bits per heavy atom. The summed E-state index contributed by atoms with van der Waals surface area (Å²) >= 11 is 0. The van der Waals surface area contributed by atoms with Crippen LogP contribution in [0.5, 0.6) is 0 Å². The zero-order valence-electron chi connectivity index (χ0n) is 21.1. The molecule has 2 N–H and O–H groups in total. The van der Waals surface area contributed by atoms with Crippen molar-refractivity contribution in [1.82, 2.24) is 30.0 Å². The summed E-state index contributed by atoms with van der Waals surface area (Å²) in [6.45, 7) is 5.07. The van der Waals surface area contributed by atoms with Crippen molar-refractivity contribution in [2.75, 3.05) is 39.1 Å². The Morgan fingerprint density at radius 2 is 1.67 bits per heavy atom. The van der Waals surface area contributed by atoms with E-state index in [-0.39, 0.29) is 23.2 Å². The minimum Gasteiger partial charge on any atom is -0.338 e. The molecule has 0 saturated carbocycles. The van der Waals surface area contributed by atoms with E-state index < -0.39 is 5.54 Å². The number of benzene rings is 2. The van der Waals surface area contributed by atoms with Crippen LogP contribution in [0.15, 0.2) is 59.5 Å². The van der Waals surface area contributed by atoms with E-state index in [0.29, 0.717) is 35.8 Å². The van der Waals surface area contributed by atoms with E-state index in [1.807, 2.05) is 39.9 Å². The normalized spacial score (nSPS) is 19.6. The van der Waals surface area contributed by atoms with Crippen molar-refractivity contribution < 1.29 is 8.78 Å². The van der Waals surface area contributed by atoms with Crippen molar-refractivity contribution >= 4 is 17.0 Å². The molecule has 4 aromatic rings. The SMILES string of the molecule is CC.CNC1(c2ccc(F)cc2)CN(c2nc3c(cnn3-c3ccc(F)cc3)c(=O)[nH]2)CC1N(C)C. The molecular formula is C26H31F2N7O. The van der Waals surface area contributed by atoms with Crippen molar-refractivity contribution in [2.45, 2.75) is 25.4 Å². The zero-order chi connectivity index (χ0) is 26.0.